The Labute approximate surface area is 275 Å². The molecule has 0 aliphatic heterocycles. The molecule has 0 fully saturated rings. The minimum Gasteiger partial charge on any atom is -0.462 e. The zero-order valence-electron chi connectivity index (χ0n) is 27.6. The monoisotopic (exact) mass is 661 g/mol. The summed E-state index contributed by atoms with van der Waals surface area (Å²) in [5.41, 5.74) is 8.68. The van der Waals surface area contributed by atoms with Gasteiger partial charge in [-0.2, -0.15) is 5.09 Å². The van der Waals surface area contributed by atoms with E-state index in [4.69, 9.17) is 29.2 Å². The molecule has 0 bridgehead atoms. The van der Waals surface area contributed by atoms with E-state index in [-0.39, 0.29) is 18.8 Å². The lowest BCUT2D eigenvalue weighted by molar-refractivity contribution is -0.149. The number of hydrogen-bond acceptors (Lipinski definition) is 9. The van der Waals surface area contributed by atoms with Crippen LogP contribution in [-0.4, -0.2) is 45.9 Å². The maximum atomic E-state index is 14.4. The number of fused-ring (bicyclic) bond motifs is 4. The lowest BCUT2D eigenvalue weighted by Crippen LogP contribution is -2.36. The van der Waals surface area contributed by atoms with Gasteiger partial charge in [0.25, 0.3) is 0 Å². The van der Waals surface area contributed by atoms with Crippen molar-refractivity contribution in [2.45, 2.75) is 78.7 Å². The molecule has 11 nitrogen and oxygen atoms in total. The van der Waals surface area contributed by atoms with Gasteiger partial charge in [0.2, 0.25) is 0 Å². The predicted molar refractivity (Wildman–Crippen MR) is 185 cm³/mol. The number of ether oxygens (including phenoxy) is 2. The Balaban J connectivity index is 1.46. The molecule has 0 amide bonds. The number of rotatable bonds is 16. The number of benzene rings is 3. The predicted octanol–water partition coefficient (Wildman–Crippen LogP) is 7.72. The van der Waals surface area contributed by atoms with Crippen LogP contribution in [0.5, 0.6) is 5.75 Å². The molecule has 250 valence electrons. The van der Waals surface area contributed by atoms with Crippen LogP contribution in [0.1, 0.15) is 65.7 Å². The van der Waals surface area contributed by atoms with Gasteiger partial charge in [-0.3, -0.25) is 9.32 Å². The number of imidazole rings is 1. The van der Waals surface area contributed by atoms with E-state index >= 15 is 0 Å². The molecule has 3 atom stereocenters. The molecule has 3 aromatic carbocycles. The normalized spacial score (nSPS) is 14.4. The van der Waals surface area contributed by atoms with Crippen LogP contribution in [0.3, 0.4) is 0 Å². The third-order valence-electron chi connectivity index (χ3n) is 7.77. The maximum Gasteiger partial charge on any atom is 0.459 e. The molecule has 0 radical (unpaired) electrons. The van der Waals surface area contributed by atoms with Crippen LogP contribution in [-0.2, 0) is 30.0 Å². The van der Waals surface area contributed by atoms with Gasteiger partial charge in [0.05, 0.1) is 23.7 Å². The number of para-hydroxylation sites is 1. The number of hydrogen-bond donors (Lipinski definition) is 2. The summed E-state index contributed by atoms with van der Waals surface area (Å²) in [7, 11) is -4.08. The second-order valence-corrected chi connectivity index (χ2v) is 13.4. The second kappa shape index (κ2) is 15.3. The molecule has 0 spiro atoms. The number of nitrogens with one attached hydrogen (secondary N) is 1. The average molecular weight is 662 g/mol. The quantitative estimate of drug-likeness (QED) is 0.0798. The molecule has 12 heteroatoms. The smallest absolute Gasteiger partial charge is 0.459 e. The molecule has 0 saturated heterocycles. The van der Waals surface area contributed by atoms with Gasteiger partial charge < -0.3 is 24.3 Å². The van der Waals surface area contributed by atoms with Crippen molar-refractivity contribution >= 4 is 52.2 Å². The number of nitrogens with zero attached hydrogens (tertiary/aromatic N) is 3. The number of anilines is 1. The first-order chi connectivity index (χ1) is 22.6. The Morgan fingerprint density at radius 2 is 1.72 bits per heavy atom. The van der Waals surface area contributed by atoms with Crippen LogP contribution in [0.2, 0.25) is 0 Å². The zero-order valence-corrected chi connectivity index (χ0v) is 28.5. The van der Waals surface area contributed by atoms with E-state index in [2.05, 4.69) is 21.6 Å². The molecule has 0 aliphatic rings. The number of aromatic nitrogens is 3. The standard InChI is InChI=1S/C35H44N5O6P/c1-6-12-27(40-31(22-43-7-2)38-32-33(40)29-15-10-11-16-30(29)37-34(32)36)19-20-44-47(42,39-24(5)35(41)45-23(3)4)46-28-18-17-25-13-8-9-14-26(25)21-28/h8-11,13-18,21,23-24,27H,6-7,12,19-20,22H2,1-5H3,(H2,36,37)(H,39,42)/t24-,27-,47-/m0/s1. The summed E-state index contributed by atoms with van der Waals surface area (Å²) in [4.78, 5) is 22.2. The summed E-state index contributed by atoms with van der Waals surface area (Å²) in [5, 5.41) is 5.67. The van der Waals surface area contributed by atoms with Gasteiger partial charge in [-0.05, 0) is 69.5 Å². The third-order valence-corrected chi connectivity index (χ3v) is 9.44. The highest BCUT2D eigenvalue weighted by Crippen LogP contribution is 2.46. The first kappa shape index (κ1) is 34.3. The van der Waals surface area contributed by atoms with Crippen molar-refractivity contribution < 1.29 is 27.9 Å². The lowest BCUT2D eigenvalue weighted by Gasteiger charge is -2.26. The summed E-state index contributed by atoms with van der Waals surface area (Å²) >= 11 is 0. The minimum atomic E-state index is -4.08. The highest BCUT2D eigenvalue weighted by Gasteiger charge is 2.33. The fourth-order valence-electron chi connectivity index (χ4n) is 5.68. The highest BCUT2D eigenvalue weighted by molar-refractivity contribution is 7.52. The minimum absolute atomic E-state index is 0.0563. The van der Waals surface area contributed by atoms with E-state index in [1.165, 1.54) is 0 Å². The van der Waals surface area contributed by atoms with E-state index < -0.39 is 19.8 Å². The van der Waals surface area contributed by atoms with Gasteiger partial charge >= 0.3 is 13.7 Å². The van der Waals surface area contributed by atoms with Gasteiger partial charge in [0.15, 0.2) is 5.82 Å². The molecule has 2 heterocycles. The first-order valence-corrected chi connectivity index (χ1v) is 17.7. The average Bonchev–Trinajstić information content (AvgIpc) is 3.43. The number of carbonyl (C=O) groups excluding carboxylic acids is 1. The lowest BCUT2D eigenvalue weighted by atomic mass is 10.1. The topological polar surface area (TPSA) is 140 Å². The number of nitrogens with two attached hydrogens (primary N) is 1. The number of esters is 1. The fourth-order valence-corrected chi connectivity index (χ4v) is 7.18. The SMILES string of the molecule is CCC[C@@H](CCO[P@@](=O)(N[C@@H](C)C(=O)OC(C)C)Oc1ccc2ccccc2c1)n1c(COCC)nc2c(N)nc3ccccc3c21. The molecular weight excluding hydrogens is 617 g/mol. The molecular formula is C35H44N5O6P. The Hall–Kier alpha value is -4.02. The molecule has 5 rings (SSSR count). The summed E-state index contributed by atoms with van der Waals surface area (Å²) in [6.45, 7) is 10.0. The molecule has 47 heavy (non-hydrogen) atoms. The Morgan fingerprint density at radius 3 is 2.47 bits per heavy atom. The van der Waals surface area contributed by atoms with Crippen LogP contribution in [0.15, 0.2) is 66.7 Å². The largest absolute Gasteiger partial charge is 0.462 e. The van der Waals surface area contributed by atoms with Gasteiger partial charge in [-0.25, -0.2) is 14.5 Å². The number of pyridine rings is 1. The van der Waals surface area contributed by atoms with Crippen LogP contribution < -0.4 is 15.3 Å². The van der Waals surface area contributed by atoms with Gasteiger partial charge in [0.1, 0.15) is 29.7 Å². The zero-order chi connectivity index (χ0) is 33.6. The Morgan fingerprint density at radius 1 is 0.979 bits per heavy atom. The van der Waals surface area contributed by atoms with Crippen molar-refractivity contribution in [1.82, 2.24) is 19.6 Å². The van der Waals surface area contributed by atoms with E-state index in [1.54, 1.807) is 32.9 Å². The van der Waals surface area contributed by atoms with E-state index in [9.17, 15) is 9.36 Å². The molecule has 5 aromatic rings. The first-order valence-electron chi connectivity index (χ1n) is 16.2. The van der Waals surface area contributed by atoms with Crippen molar-refractivity contribution in [3.8, 4) is 5.75 Å². The van der Waals surface area contributed by atoms with Gasteiger partial charge in [-0.15, -0.1) is 0 Å². The summed E-state index contributed by atoms with van der Waals surface area (Å²) in [5.74, 6) is 0.867. The van der Waals surface area contributed by atoms with E-state index in [1.807, 2.05) is 61.5 Å². The number of nitrogen functional groups attached to an aromatic ring is 1. The van der Waals surface area contributed by atoms with Crippen LogP contribution in [0, 0.1) is 0 Å². The highest BCUT2D eigenvalue weighted by atomic mass is 31.2. The second-order valence-electron chi connectivity index (χ2n) is 11.7. The molecule has 0 unspecified atom stereocenters. The van der Waals surface area contributed by atoms with Gasteiger partial charge in [-0.1, -0.05) is 61.9 Å². The summed E-state index contributed by atoms with van der Waals surface area (Å²) in [6, 6.07) is 20.0. The Kier molecular flexibility index (Phi) is 11.1. The molecule has 2 aromatic heterocycles. The maximum absolute atomic E-state index is 14.4. The molecule has 3 N–H and O–H groups in total. The van der Waals surface area contributed by atoms with Crippen molar-refractivity contribution in [2.24, 2.45) is 0 Å². The van der Waals surface area contributed by atoms with Crippen LogP contribution in [0.4, 0.5) is 5.82 Å². The molecule has 0 saturated carbocycles. The van der Waals surface area contributed by atoms with E-state index in [0.29, 0.717) is 36.7 Å². The number of carbonyl (C=O) groups is 1. The third kappa shape index (κ3) is 8.11. The summed E-state index contributed by atoms with van der Waals surface area (Å²) < 4.78 is 39.8. The Bertz CT molecular complexity index is 1890. The summed E-state index contributed by atoms with van der Waals surface area (Å²) in [6.07, 6.45) is 1.79. The fraction of sp³-hybridized carbons (Fsp3) is 0.400. The van der Waals surface area contributed by atoms with E-state index in [0.717, 1.165) is 45.9 Å². The van der Waals surface area contributed by atoms with Gasteiger partial charge in [0, 0.05) is 18.0 Å². The van der Waals surface area contributed by atoms with Crippen molar-refractivity contribution in [3.05, 3.63) is 72.6 Å². The van der Waals surface area contributed by atoms with Crippen molar-refractivity contribution in [2.75, 3.05) is 18.9 Å². The molecule has 0 aliphatic carbocycles. The van der Waals surface area contributed by atoms with Crippen LogP contribution in [0.25, 0.3) is 32.7 Å². The van der Waals surface area contributed by atoms with Crippen molar-refractivity contribution in [1.29, 1.82) is 0 Å². The van der Waals surface area contributed by atoms with Crippen LogP contribution >= 0.6 is 7.75 Å². The van der Waals surface area contributed by atoms with Crippen molar-refractivity contribution in [3.63, 3.8) is 0 Å².